The normalized spacial score (nSPS) is 18.3. The first kappa shape index (κ1) is 15.4. The van der Waals surface area contributed by atoms with Gasteiger partial charge in [-0.2, -0.15) is 0 Å². The van der Waals surface area contributed by atoms with Crippen molar-refractivity contribution < 1.29 is 14.0 Å². The molecule has 1 aliphatic heterocycles. The molecule has 5 nitrogen and oxygen atoms in total. The molecule has 0 aliphatic carbocycles. The van der Waals surface area contributed by atoms with E-state index in [0.29, 0.717) is 17.7 Å². The summed E-state index contributed by atoms with van der Waals surface area (Å²) in [7, 11) is 0. The highest BCUT2D eigenvalue weighted by Crippen LogP contribution is 2.17. The minimum absolute atomic E-state index is 0.0665. The maximum Gasteiger partial charge on any atom is 0.254 e. The van der Waals surface area contributed by atoms with Gasteiger partial charge in [-0.15, -0.1) is 0 Å². The Morgan fingerprint density at radius 3 is 2.81 bits per heavy atom. The molecular formula is C15H20FN3O2. The molecule has 0 spiro atoms. The van der Waals surface area contributed by atoms with E-state index in [0.717, 1.165) is 19.4 Å². The molecule has 21 heavy (non-hydrogen) atoms. The summed E-state index contributed by atoms with van der Waals surface area (Å²) in [5, 5.41) is 3.21. The third kappa shape index (κ3) is 3.78. The van der Waals surface area contributed by atoms with Gasteiger partial charge in [0.25, 0.3) is 5.91 Å². The Hall–Kier alpha value is -1.95. The number of primary amides is 1. The number of aryl methyl sites for hydroxylation is 1. The Balaban J connectivity index is 2.26. The fourth-order valence-corrected chi connectivity index (χ4v) is 2.66. The fraction of sp³-hybridized carbons (Fsp3) is 0.467. The molecule has 1 aliphatic rings. The summed E-state index contributed by atoms with van der Waals surface area (Å²) in [5.41, 5.74) is 6.22. The zero-order chi connectivity index (χ0) is 15.4. The number of hydrogen-bond donors (Lipinski definition) is 2. The van der Waals surface area contributed by atoms with Crippen LogP contribution in [0, 0.1) is 12.7 Å². The van der Waals surface area contributed by atoms with Crippen LogP contribution < -0.4 is 11.1 Å². The molecule has 0 bridgehead atoms. The van der Waals surface area contributed by atoms with E-state index in [1.807, 2.05) is 0 Å². The van der Waals surface area contributed by atoms with Gasteiger partial charge in [-0.3, -0.25) is 9.59 Å². The van der Waals surface area contributed by atoms with Gasteiger partial charge >= 0.3 is 0 Å². The molecule has 1 aromatic carbocycles. The molecule has 0 radical (unpaired) electrons. The van der Waals surface area contributed by atoms with Crippen LogP contribution in [0.5, 0.6) is 0 Å². The summed E-state index contributed by atoms with van der Waals surface area (Å²) in [5.74, 6) is -1.21. The number of nitrogens with two attached hydrogens (primary N) is 1. The number of piperidine rings is 1. The Morgan fingerprint density at radius 2 is 2.24 bits per heavy atom. The lowest BCUT2D eigenvalue weighted by molar-refractivity contribution is -0.119. The van der Waals surface area contributed by atoms with E-state index in [9.17, 15) is 14.0 Å². The number of nitrogens with one attached hydrogen (secondary N) is 1. The number of rotatable bonds is 4. The molecule has 0 saturated carbocycles. The second kappa shape index (κ2) is 6.67. The van der Waals surface area contributed by atoms with Crippen molar-refractivity contribution in [2.45, 2.75) is 25.8 Å². The van der Waals surface area contributed by atoms with E-state index in [1.54, 1.807) is 6.92 Å². The SMILES string of the molecule is Cc1cc(F)ccc1C(=O)N(CC(N)=O)C1CCCNC1. The minimum Gasteiger partial charge on any atom is -0.368 e. The lowest BCUT2D eigenvalue weighted by Crippen LogP contribution is -2.51. The van der Waals surface area contributed by atoms with Crippen molar-refractivity contribution in [3.8, 4) is 0 Å². The van der Waals surface area contributed by atoms with Crippen LogP contribution in [0.1, 0.15) is 28.8 Å². The van der Waals surface area contributed by atoms with E-state index >= 15 is 0 Å². The second-order valence-corrected chi connectivity index (χ2v) is 5.36. The summed E-state index contributed by atoms with van der Waals surface area (Å²) in [4.78, 5) is 25.4. The van der Waals surface area contributed by atoms with Gasteiger partial charge < -0.3 is 16.0 Å². The fourth-order valence-electron chi connectivity index (χ4n) is 2.66. The number of hydrogen-bond acceptors (Lipinski definition) is 3. The first-order chi connectivity index (χ1) is 9.99. The van der Waals surface area contributed by atoms with Gasteiger partial charge in [-0.05, 0) is 50.1 Å². The molecule has 2 rings (SSSR count). The zero-order valence-corrected chi connectivity index (χ0v) is 12.1. The average molecular weight is 293 g/mol. The highest BCUT2D eigenvalue weighted by atomic mass is 19.1. The molecule has 1 aromatic rings. The number of carbonyl (C=O) groups is 2. The van der Waals surface area contributed by atoms with Gasteiger partial charge in [0.1, 0.15) is 5.82 Å². The molecule has 114 valence electrons. The van der Waals surface area contributed by atoms with Gasteiger partial charge in [0.05, 0.1) is 6.54 Å². The van der Waals surface area contributed by atoms with Crippen molar-refractivity contribution >= 4 is 11.8 Å². The van der Waals surface area contributed by atoms with Gasteiger partial charge in [0, 0.05) is 18.2 Å². The first-order valence-electron chi connectivity index (χ1n) is 7.05. The van der Waals surface area contributed by atoms with E-state index in [-0.39, 0.29) is 24.3 Å². The van der Waals surface area contributed by atoms with Gasteiger partial charge in [0.2, 0.25) is 5.91 Å². The van der Waals surface area contributed by atoms with Gasteiger partial charge in [0.15, 0.2) is 0 Å². The monoisotopic (exact) mass is 293 g/mol. The smallest absolute Gasteiger partial charge is 0.254 e. The molecule has 1 atom stereocenters. The Bertz CT molecular complexity index is 542. The molecule has 0 aromatic heterocycles. The van der Waals surface area contributed by atoms with Crippen molar-refractivity contribution in [3.63, 3.8) is 0 Å². The Labute approximate surface area is 123 Å². The lowest BCUT2D eigenvalue weighted by Gasteiger charge is -2.34. The maximum atomic E-state index is 13.2. The number of carbonyl (C=O) groups excluding carboxylic acids is 2. The quantitative estimate of drug-likeness (QED) is 0.863. The average Bonchev–Trinajstić information content (AvgIpc) is 2.45. The number of amides is 2. The molecule has 6 heteroatoms. The van der Waals surface area contributed by atoms with E-state index in [2.05, 4.69) is 5.32 Å². The van der Waals surface area contributed by atoms with Gasteiger partial charge in [-0.25, -0.2) is 4.39 Å². The summed E-state index contributed by atoms with van der Waals surface area (Å²) >= 11 is 0. The van der Waals surface area contributed by atoms with Crippen LogP contribution in [-0.2, 0) is 4.79 Å². The highest BCUT2D eigenvalue weighted by molar-refractivity contribution is 5.97. The summed E-state index contributed by atoms with van der Waals surface area (Å²) in [6.07, 6.45) is 1.77. The summed E-state index contributed by atoms with van der Waals surface area (Å²) in [6, 6.07) is 3.96. The number of nitrogens with zero attached hydrogens (tertiary/aromatic N) is 1. The first-order valence-corrected chi connectivity index (χ1v) is 7.05. The lowest BCUT2D eigenvalue weighted by atomic mass is 10.0. The number of benzene rings is 1. The molecule has 1 heterocycles. The summed E-state index contributed by atoms with van der Waals surface area (Å²) < 4.78 is 13.2. The molecular weight excluding hydrogens is 273 g/mol. The van der Waals surface area contributed by atoms with Crippen LogP contribution in [0.3, 0.4) is 0 Å². The van der Waals surface area contributed by atoms with E-state index in [4.69, 9.17) is 5.73 Å². The van der Waals surface area contributed by atoms with Crippen LogP contribution in [0.2, 0.25) is 0 Å². The van der Waals surface area contributed by atoms with Crippen LogP contribution in [0.4, 0.5) is 4.39 Å². The predicted octanol–water partition coefficient (Wildman–Crippen LogP) is 0.814. The van der Waals surface area contributed by atoms with E-state index in [1.165, 1.54) is 23.1 Å². The van der Waals surface area contributed by atoms with Crippen molar-refractivity contribution in [2.75, 3.05) is 19.6 Å². The number of halogens is 1. The topological polar surface area (TPSA) is 75.4 Å². The predicted molar refractivity (Wildman–Crippen MR) is 77.3 cm³/mol. The largest absolute Gasteiger partial charge is 0.368 e. The van der Waals surface area contributed by atoms with Crippen molar-refractivity contribution in [1.29, 1.82) is 0 Å². The molecule has 2 amide bonds. The highest BCUT2D eigenvalue weighted by Gasteiger charge is 2.28. The van der Waals surface area contributed by atoms with Crippen LogP contribution in [-0.4, -0.2) is 42.4 Å². The van der Waals surface area contributed by atoms with Crippen molar-refractivity contribution in [3.05, 3.63) is 35.1 Å². The Kier molecular flexibility index (Phi) is 4.90. The standard InChI is InChI=1S/C15H20FN3O2/c1-10-7-11(16)4-5-13(10)15(21)19(9-14(17)20)12-3-2-6-18-8-12/h4-5,7,12,18H,2-3,6,8-9H2,1H3,(H2,17,20). The molecule has 1 unspecified atom stereocenters. The second-order valence-electron chi connectivity index (χ2n) is 5.36. The minimum atomic E-state index is -0.548. The molecule has 1 fully saturated rings. The third-order valence-corrected chi connectivity index (χ3v) is 3.72. The van der Waals surface area contributed by atoms with Gasteiger partial charge in [-0.1, -0.05) is 0 Å². The molecule has 3 N–H and O–H groups in total. The van der Waals surface area contributed by atoms with Crippen LogP contribution in [0.15, 0.2) is 18.2 Å². The van der Waals surface area contributed by atoms with Crippen LogP contribution in [0.25, 0.3) is 0 Å². The Morgan fingerprint density at radius 1 is 1.48 bits per heavy atom. The van der Waals surface area contributed by atoms with Crippen molar-refractivity contribution in [1.82, 2.24) is 10.2 Å². The van der Waals surface area contributed by atoms with Crippen molar-refractivity contribution in [2.24, 2.45) is 5.73 Å². The zero-order valence-electron chi connectivity index (χ0n) is 12.1. The maximum absolute atomic E-state index is 13.2. The summed E-state index contributed by atoms with van der Waals surface area (Å²) in [6.45, 7) is 3.10. The van der Waals surface area contributed by atoms with E-state index < -0.39 is 5.91 Å². The van der Waals surface area contributed by atoms with Crippen LogP contribution >= 0.6 is 0 Å². The molecule has 1 saturated heterocycles. The third-order valence-electron chi connectivity index (χ3n) is 3.72.